The van der Waals surface area contributed by atoms with E-state index in [9.17, 15) is 4.79 Å². The molecule has 2 aromatic carbocycles. The molecule has 0 radical (unpaired) electrons. The maximum atomic E-state index is 13.0. The number of nitrogens with one attached hydrogen (secondary N) is 1. The number of hydrogen-bond acceptors (Lipinski definition) is 4. The first-order valence-electron chi connectivity index (χ1n) is 11.3. The van der Waals surface area contributed by atoms with Gasteiger partial charge in [-0.15, -0.1) is 0 Å². The Morgan fingerprint density at radius 1 is 1.13 bits per heavy atom. The van der Waals surface area contributed by atoms with Crippen LogP contribution in [0.1, 0.15) is 60.6 Å². The number of carbonyl (C=O) groups is 1. The van der Waals surface area contributed by atoms with Crippen molar-refractivity contribution in [2.75, 3.05) is 18.0 Å². The molecule has 0 amide bonds. The van der Waals surface area contributed by atoms with Crippen molar-refractivity contribution in [1.29, 1.82) is 5.26 Å². The van der Waals surface area contributed by atoms with Crippen molar-refractivity contribution >= 4 is 34.1 Å². The summed E-state index contributed by atoms with van der Waals surface area (Å²) in [6.07, 6.45) is 7.00. The molecule has 0 saturated carbocycles. The third-order valence-corrected chi connectivity index (χ3v) is 6.78. The number of hydrogen-bond donors (Lipinski definition) is 1. The van der Waals surface area contributed by atoms with Gasteiger partial charge in [0, 0.05) is 41.0 Å². The lowest BCUT2D eigenvalue weighted by molar-refractivity contribution is 0.0975. The smallest absolute Gasteiger partial charge is 0.179 e. The van der Waals surface area contributed by atoms with Gasteiger partial charge in [-0.2, -0.15) is 5.26 Å². The van der Waals surface area contributed by atoms with E-state index < -0.39 is 0 Å². The highest BCUT2D eigenvalue weighted by atomic mass is 32.2. The number of nitrogens with zero attached hydrogens (tertiary/aromatic N) is 2. The standard InChI is InChI=1S/C26H29N3OS/c1-2-22-23-17-21(31-18-27)13-14-24(23)28-26(22)25(30)8-6-7-19-9-11-20(12-10-19)29-15-4-3-5-16-29/h9-14,17,28H,2-8,15-16H2,1H3. The Bertz CT molecular complexity index is 1090. The zero-order valence-electron chi connectivity index (χ0n) is 18.1. The summed E-state index contributed by atoms with van der Waals surface area (Å²) in [4.78, 5) is 19.7. The Morgan fingerprint density at radius 3 is 2.61 bits per heavy atom. The average Bonchev–Trinajstić information content (AvgIpc) is 3.18. The number of nitriles is 1. The van der Waals surface area contributed by atoms with Gasteiger partial charge in [-0.1, -0.05) is 19.1 Å². The number of Topliss-reactive ketones (excluding diaryl/α,β-unsaturated/α-hetero) is 1. The summed E-state index contributed by atoms with van der Waals surface area (Å²) in [5.74, 6) is 0.174. The average molecular weight is 432 g/mol. The lowest BCUT2D eigenvalue weighted by atomic mass is 10.0. The Morgan fingerprint density at radius 2 is 1.90 bits per heavy atom. The molecule has 31 heavy (non-hydrogen) atoms. The van der Waals surface area contributed by atoms with Crippen molar-refractivity contribution in [2.45, 2.75) is 56.8 Å². The molecular formula is C26H29N3OS. The summed E-state index contributed by atoms with van der Waals surface area (Å²) in [7, 11) is 0. The fourth-order valence-corrected chi connectivity index (χ4v) is 4.97. The molecule has 1 aromatic heterocycles. The third-order valence-electron chi connectivity index (χ3n) is 6.20. The van der Waals surface area contributed by atoms with E-state index in [1.807, 2.05) is 18.2 Å². The monoisotopic (exact) mass is 431 g/mol. The quantitative estimate of drug-likeness (QED) is 0.251. The number of aromatic amines is 1. The Labute approximate surface area is 188 Å². The first-order valence-corrected chi connectivity index (χ1v) is 12.1. The second-order valence-electron chi connectivity index (χ2n) is 8.22. The van der Waals surface area contributed by atoms with E-state index in [1.165, 1.54) is 30.5 Å². The SMILES string of the molecule is CCc1c(C(=O)CCCc2ccc(N3CCCCC3)cc2)[nH]c2ccc(SC#N)cc12. The fourth-order valence-electron chi connectivity index (χ4n) is 4.55. The van der Waals surface area contributed by atoms with Crippen LogP contribution in [0.15, 0.2) is 47.4 Å². The van der Waals surface area contributed by atoms with Crippen LogP contribution in [0.4, 0.5) is 5.69 Å². The molecule has 4 nitrogen and oxygen atoms in total. The van der Waals surface area contributed by atoms with Crippen molar-refractivity contribution in [3.05, 3.63) is 59.3 Å². The molecule has 1 aliphatic rings. The van der Waals surface area contributed by atoms with Crippen molar-refractivity contribution in [2.24, 2.45) is 0 Å². The fraction of sp³-hybridized carbons (Fsp3) is 0.385. The summed E-state index contributed by atoms with van der Waals surface area (Å²) in [5, 5.41) is 12.1. The maximum Gasteiger partial charge on any atom is 0.179 e. The van der Waals surface area contributed by atoms with Crippen LogP contribution in [0.3, 0.4) is 0 Å². The van der Waals surface area contributed by atoms with E-state index in [2.05, 4.69) is 46.5 Å². The van der Waals surface area contributed by atoms with Crippen LogP contribution in [0, 0.1) is 10.7 Å². The van der Waals surface area contributed by atoms with E-state index in [-0.39, 0.29) is 5.78 Å². The lowest BCUT2D eigenvalue weighted by Crippen LogP contribution is -2.29. The number of thiocyanates is 1. The number of benzene rings is 2. The lowest BCUT2D eigenvalue weighted by Gasteiger charge is -2.28. The number of piperidine rings is 1. The number of thioether (sulfide) groups is 1. The molecule has 1 aliphatic heterocycles. The van der Waals surface area contributed by atoms with Crippen LogP contribution in [-0.4, -0.2) is 23.9 Å². The zero-order chi connectivity index (χ0) is 21.6. The molecule has 0 spiro atoms. The minimum absolute atomic E-state index is 0.174. The van der Waals surface area contributed by atoms with Gasteiger partial charge in [0.05, 0.1) is 5.69 Å². The van der Waals surface area contributed by atoms with Gasteiger partial charge in [0.25, 0.3) is 0 Å². The van der Waals surface area contributed by atoms with Crippen molar-refractivity contribution in [3.8, 4) is 5.40 Å². The van der Waals surface area contributed by atoms with Gasteiger partial charge in [0.1, 0.15) is 5.40 Å². The van der Waals surface area contributed by atoms with E-state index in [4.69, 9.17) is 5.26 Å². The van der Waals surface area contributed by atoms with Gasteiger partial charge in [0.15, 0.2) is 5.78 Å². The molecular weight excluding hydrogens is 402 g/mol. The first-order chi connectivity index (χ1) is 15.2. The highest BCUT2D eigenvalue weighted by molar-refractivity contribution is 8.03. The molecule has 1 saturated heterocycles. The molecule has 0 bridgehead atoms. The molecule has 0 aliphatic carbocycles. The molecule has 0 unspecified atom stereocenters. The van der Waals surface area contributed by atoms with Gasteiger partial charge < -0.3 is 9.88 Å². The number of anilines is 1. The van der Waals surface area contributed by atoms with Crippen LogP contribution in [0.5, 0.6) is 0 Å². The second-order valence-corrected chi connectivity index (χ2v) is 9.08. The van der Waals surface area contributed by atoms with Crippen LogP contribution in [0.2, 0.25) is 0 Å². The second kappa shape index (κ2) is 10.1. The van der Waals surface area contributed by atoms with Crippen LogP contribution in [-0.2, 0) is 12.8 Å². The first kappa shape index (κ1) is 21.5. The summed E-state index contributed by atoms with van der Waals surface area (Å²) in [6, 6.07) is 14.8. The number of aryl methyl sites for hydroxylation is 2. The molecule has 160 valence electrons. The van der Waals surface area contributed by atoms with Crippen LogP contribution < -0.4 is 4.90 Å². The van der Waals surface area contributed by atoms with Gasteiger partial charge in [-0.3, -0.25) is 4.79 Å². The highest BCUT2D eigenvalue weighted by Gasteiger charge is 2.17. The van der Waals surface area contributed by atoms with E-state index in [1.54, 1.807) is 0 Å². The topological polar surface area (TPSA) is 59.9 Å². The van der Waals surface area contributed by atoms with Gasteiger partial charge in [-0.25, -0.2) is 0 Å². The number of aromatic nitrogens is 1. The van der Waals surface area contributed by atoms with E-state index in [0.717, 1.165) is 71.2 Å². The predicted molar refractivity (Wildman–Crippen MR) is 129 cm³/mol. The Balaban J connectivity index is 1.38. The summed E-state index contributed by atoms with van der Waals surface area (Å²) in [6.45, 7) is 4.40. The largest absolute Gasteiger partial charge is 0.372 e. The maximum absolute atomic E-state index is 13.0. The summed E-state index contributed by atoms with van der Waals surface area (Å²) >= 11 is 1.15. The van der Waals surface area contributed by atoms with Crippen LogP contribution in [0.25, 0.3) is 10.9 Å². The zero-order valence-corrected chi connectivity index (χ0v) is 18.9. The molecule has 4 rings (SSSR count). The minimum Gasteiger partial charge on any atom is -0.372 e. The van der Waals surface area contributed by atoms with Crippen molar-refractivity contribution in [3.63, 3.8) is 0 Å². The predicted octanol–water partition coefficient (Wildman–Crippen LogP) is 6.50. The molecule has 3 aromatic rings. The molecule has 5 heteroatoms. The molecule has 1 N–H and O–H groups in total. The summed E-state index contributed by atoms with van der Waals surface area (Å²) < 4.78 is 0. The minimum atomic E-state index is 0.174. The number of H-pyrrole nitrogens is 1. The number of carbonyl (C=O) groups excluding carboxylic acids is 1. The summed E-state index contributed by atoms with van der Waals surface area (Å²) in [5.41, 5.74) is 5.37. The molecule has 2 heterocycles. The van der Waals surface area contributed by atoms with Gasteiger partial charge in [0.2, 0.25) is 0 Å². The number of ketones is 1. The van der Waals surface area contributed by atoms with Crippen molar-refractivity contribution < 1.29 is 4.79 Å². The molecule has 0 atom stereocenters. The van der Waals surface area contributed by atoms with E-state index in [0.29, 0.717) is 6.42 Å². The van der Waals surface area contributed by atoms with Crippen LogP contribution >= 0.6 is 11.8 Å². The normalized spacial score (nSPS) is 14.0. The van der Waals surface area contributed by atoms with Gasteiger partial charge in [-0.05, 0) is 91.7 Å². The molecule has 1 fully saturated rings. The number of rotatable bonds is 8. The Hall–Kier alpha value is -2.71. The highest BCUT2D eigenvalue weighted by Crippen LogP contribution is 2.29. The Kier molecular flexibility index (Phi) is 6.99. The number of fused-ring (bicyclic) bond motifs is 1. The third kappa shape index (κ3) is 4.97. The van der Waals surface area contributed by atoms with Gasteiger partial charge >= 0.3 is 0 Å². The van der Waals surface area contributed by atoms with E-state index >= 15 is 0 Å². The van der Waals surface area contributed by atoms with Crippen molar-refractivity contribution in [1.82, 2.24) is 4.98 Å².